The second-order valence-corrected chi connectivity index (χ2v) is 6.75. The van der Waals surface area contributed by atoms with Crippen LogP contribution in [0.3, 0.4) is 0 Å². The van der Waals surface area contributed by atoms with Crippen LogP contribution in [0.1, 0.15) is 13.0 Å². The zero-order chi connectivity index (χ0) is 17.3. The number of para-hydroxylation sites is 2. The molecule has 5 nitrogen and oxygen atoms in total. The van der Waals surface area contributed by atoms with E-state index in [0.29, 0.717) is 5.69 Å². The second kappa shape index (κ2) is 6.52. The summed E-state index contributed by atoms with van der Waals surface area (Å²) in [5, 5.41) is 2.68. The molecule has 7 heteroatoms. The Hall–Kier alpha value is -2.54. The number of benzene rings is 2. The Labute approximate surface area is 141 Å². The number of amides is 1. The van der Waals surface area contributed by atoms with Crippen molar-refractivity contribution in [3.05, 3.63) is 54.6 Å². The van der Waals surface area contributed by atoms with Crippen LogP contribution >= 0.6 is 0 Å². The van der Waals surface area contributed by atoms with Crippen molar-refractivity contribution < 1.29 is 13.4 Å². The fourth-order valence-electron chi connectivity index (χ4n) is 2.47. The lowest BCUT2D eigenvalue weighted by Crippen LogP contribution is -2.23. The molecule has 1 aromatic heterocycles. The predicted molar refractivity (Wildman–Crippen MR) is 91.8 cm³/mol. The second-order valence-electron chi connectivity index (χ2n) is 5.41. The molecule has 124 valence electrons. The van der Waals surface area contributed by atoms with E-state index in [-0.39, 0.29) is 10.8 Å². The van der Waals surface area contributed by atoms with Crippen molar-refractivity contribution in [1.29, 1.82) is 0 Å². The van der Waals surface area contributed by atoms with Crippen molar-refractivity contribution in [3.8, 4) is 0 Å². The summed E-state index contributed by atoms with van der Waals surface area (Å²) in [5.74, 6) is -0.891. The molecule has 24 heavy (non-hydrogen) atoms. The largest absolute Gasteiger partial charge is 0.324 e. The lowest BCUT2D eigenvalue weighted by molar-refractivity contribution is -0.118. The van der Waals surface area contributed by atoms with Crippen LogP contribution in [-0.2, 0) is 15.6 Å². The first-order valence-corrected chi connectivity index (χ1v) is 8.88. The number of anilines is 1. The highest BCUT2D eigenvalue weighted by molar-refractivity contribution is 7.84. The molecule has 1 N–H and O–H groups in total. The van der Waals surface area contributed by atoms with E-state index in [4.69, 9.17) is 0 Å². The normalized spacial score (nSPS) is 13.6. The van der Waals surface area contributed by atoms with Crippen molar-refractivity contribution in [2.24, 2.45) is 0 Å². The smallest absolute Gasteiger partial charge is 0.247 e. The topological polar surface area (TPSA) is 64.0 Å². The Balaban J connectivity index is 1.82. The Bertz CT molecular complexity index is 938. The van der Waals surface area contributed by atoms with Crippen LogP contribution in [0, 0.1) is 5.82 Å². The molecule has 3 rings (SSSR count). The average molecular weight is 345 g/mol. The fourth-order valence-corrected chi connectivity index (χ4v) is 3.06. The van der Waals surface area contributed by atoms with Gasteiger partial charge in [-0.1, -0.05) is 12.1 Å². The van der Waals surface area contributed by atoms with E-state index < -0.39 is 22.7 Å². The number of hydrogen-bond donors (Lipinski definition) is 1. The first kappa shape index (κ1) is 16.3. The summed E-state index contributed by atoms with van der Waals surface area (Å²) < 4.78 is 27.0. The molecule has 3 aromatic rings. The van der Waals surface area contributed by atoms with Gasteiger partial charge in [0.2, 0.25) is 5.91 Å². The maximum absolute atomic E-state index is 13.9. The van der Waals surface area contributed by atoms with Gasteiger partial charge in [0.25, 0.3) is 0 Å². The summed E-state index contributed by atoms with van der Waals surface area (Å²) in [7, 11) is -1.41. The summed E-state index contributed by atoms with van der Waals surface area (Å²) in [5.41, 5.74) is 1.98. The van der Waals surface area contributed by atoms with E-state index in [1.54, 1.807) is 17.8 Å². The lowest BCUT2D eigenvalue weighted by Gasteiger charge is -2.15. The summed E-state index contributed by atoms with van der Waals surface area (Å²) in [6.07, 6.45) is 3.02. The van der Waals surface area contributed by atoms with Gasteiger partial charge in [-0.15, -0.1) is 0 Å². The van der Waals surface area contributed by atoms with Gasteiger partial charge in [-0.2, -0.15) is 0 Å². The molecular weight excluding hydrogens is 329 g/mol. The molecular formula is C17H16FN3O2S. The molecule has 0 saturated heterocycles. The van der Waals surface area contributed by atoms with E-state index in [1.165, 1.54) is 24.5 Å². The zero-order valence-corrected chi connectivity index (χ0v) is 14.0. The highest BCUT2D eigenvalue weighted by atomic mass is 32.2. The number of aromatic nitrogens is 2. The lowest BCUT2D eigenvalue weighted by atomic mass is 10.2. The van der Waals surface area contributed by atoms with E-state index in [0.717, 1.165) is 11.0 Å². The molecule has 2 aromatic carbocycles. The minimum absolute atomic E-state index is 0.113. The molecule has 2 unspecified atom stereocenters. The van der Waals surface area contributed by atoms with Gasteiger partial charge in [-0.25, -0.2) is 9.37 Å². The monoisotopic (exact) mass is 345 g/mol. The Morgan fingerprint density at radius 3 is 2.75 bits per heavy atom. The van der Waals surface area contributed by atoms with Crippen molar-refractivity contribution in [1.82, 2.24) is 9.55 Å². The molecule has 0 spiro atoms. The van der Waals surface area contributed by atoms with Gasteiger partial charge in [0.15, 0.2) is 0 Å². The maximum Gasteiger partial charge on any atom is 0.247 e. The van der Waals surface area contributed by atoms with Crippen LogP contribution in [0.15, 0.2) is 53.7 Å². The quantitative estimate of drug-likeness (QED) is 0.790. The number of imidazole rings is 1. The van der Waals surface area contributed by atoms with Crippen LogP contribution in [-0.4, -0.2) is 25.9 Å². The van der Waals surface area contributed by atoms with E-state index in [9.17, 15) is 13.4 Å². The van der Waals surface area contributed by atoms with Crippen molar-refractivity contribution in [3.63, 3.8) is 0 Å². The minimum atomic E-state index is -1.41. The van der Waals surface area contributed by atoms with Gasteiger partial charge in [-0.05, 0) is 37.3 Å². The number of carbonyl (C=O) groups excluding carboxylic acids is 1. The number of fused-ring (bicyclic) bond motifs is 1. The Morgan fingerprint density at radius 2 is 2.04 bits per heavy atom. The summed E-state index contributed by atoms with van der Waals surface area (Å²) in [4.78, 5) is 16.8. The number of rotatable bonds is 4. The molecule has 0 aliphatic carbocycles. The van der Waals surface area contributed by atoms with E-state index in [2.05, 4.69) is 10.3 Å². The standard InChI is InChI=1S/C17H16FN3O2S/c1-11(21-10-19-14-5-3-4-6-15(14)21)17(22)20-12-7-8-16(24(2)23)13(18)9-12/h3-11H,1-2H3,(H,20,22). The minimum Gasteiger partial charge on any atom is -0.324 e. The van der Waals surface area contributed by atoms with Gasteiger partial charge in [-0.3, -0.25) is 9.00 Å². The molecule has 0 fully saturated rings. The summed E-state index contributed by atoms with van der Waals surface area (Å²) >= 11 is 0. The van der Waals surface area contributed by atoms with E-state index >= 15 is 0 Å². The van der Waals surface area contributed by atoms with Crippen LogP contribution < -0.4 is 5.32 Å². The van der Waals surface area contributed by atoms with Crippen molar-refractivity contribution in [2.45, 2.75) is 17.9 Å². The number of nitrogens with zero attached hydrogens (tertiary/aromatic N) is 2. The van der Waals surface area contributed by atoms with Gasteiger partial charge in [0.1, 0.15) is 11.9 Å². The molecule has 0 aliphatic heterocycles. The first-order valence-electron chi connectivity index (χ1n) is 7.33. The molecule has 0 saturated carbocycles. The third kappa shape index (κ3) is 3.07. The van der Waals surface area contributed by atoms with E-state index in [1.807, 2.05) is 24.3 Å². The summed E-state index contributed by atoms with van der Waals surface area (Å²) in [6, 6.07) is 11.1. The van der Waals surface area contributed by atoms with Crippen molar-refractivity contribution >= 4 is 33.4 Å². The molecule has 0 bridgehead atoms. The highest BCUT2D eigenvalue weighted by Gasteiger charge is 2.18. The molecule has 0 radical (unpaired) electrons. The number of nitrogens with one attached hydrogen (secondary N) is 1. The number of hydrogen-bond acceptors (Lipinski definition) is 3. The molecule has 1 heterocycles. The van der Waals surface area contributed by atoms with Crippen LogP contribution in [0.4, 0.5) is 10.1 Å². The molecule has 0 aliphatic rings. The number of carbonyl (C=O) groups is 1. The van der Waals surface area contributed by atoms with Crippen LogP contribution in [0.5, 0.6) is 0 Å². The van der Waals surface area contributed by atoms with Gasteiger partial charge in [0, 0.05) is 11.9 Å². The third-order valence-electron chi connectivity index (χ3n) is 3.79. The van der Waals surface area contributed by atoms with Crippen LogP contribution in [0.25, 0.3) is 11.0 Å². The maximum atomic E-state index is 13.9. The predicted octanol–water partition coefficient (Wildman–Crippen LogP) is 3.11. The SMILES string of the molecule is CC(C(=O)Nc1ccc(S(C)=O)c(F)c1)n1cnc2ccccc21. The van der Waals surface area contributed by atoms with Gasteiger partial charge < -0.3 is 9.88 Å². The Kier molecular flexibility index (Phi) is 4.44. The Morgan fingerprint density at radius 1 is 1.29 bits per heavy atom. The highest BCUT2D eigenvalue weighted by Crippen LogP contribution is 2.21. The van der Waals surface area contributed by atoms with Gasteiger partial charge in [0.05, 0.1) is 33.1 Å². The average Bonchev–Trinajstić information content (AvgIpc) is 2.97. The van der Waals surface area contributed by atoms with Gasteiger partial charge >= 0.3 is 0 Å². The fraction of sp³-hybridized carbons (Fsp3) is 0.176. The van der Waals surface area contributed by atoms with Crippen LogP contribution in [0.2, 0.25) is 0 Å². The first-order chi connectivity index (χ1) is 11.5. The third-order valence-corrected chi connectivity index (χ3v) is 4.74. The zero-order valence-electron chi connectivity index (χ0n) is 13.2. The summed E-state index contributed by atoms with van der Waals surface area (Å²) in [6.45, 7) is 1.75. The molecule has 2 atom stereocenters. The molecule has 1 amide bonds. The van der Waals surface area contributed by atoms with Crippen molar-refractivity contribution in [2.75, 3.05) is 11.6 Å². The number of halogens is 1.